The van der Waals surface area contributed by atoms with E-state index in [4.69, 9.17) is 46.4 Å². The van der Waals surface area contributed by atoms with Crippen LogP contribution in [0.15, 0.2) is 36.4 Å². The second-order valence-electron chi connectivity index (χ2n) is 6.69. The number of amides is 2. The molecule has 1 fully saturated rings. The molecule has 1 N–H and O–H groups in total. The number of likely N-dealkylation sites (tertiary alicyclic amines) is 1. The molecule has 0 spiro atoms. The van der Waals surface area contributed by atoms with E-state index < -0.39 is 0 Å². The van der Waals surface area contributed by atoms with Gasteiger partial charge in [-0.3, -0.25) is 9.59 Å². The maximum atomic E-state index is 12.7. The maximum absolute atomic E-state index is 12.7. The highest BCUT2D eigenvalue weighted by atomic mass is 35.5. The molecule has 148 valence electrons. The molecule has 3 rings (SSSR count). The van der Waals surface area contributed by atoms with Crippen molar-refractivity contribution in [2.75, 3.05) is 19.6 Å². The third kappa shape index (κ3) is 5.12. The molecule has 1 aliphatic rings. The van der Waals surface area contributed by atoms with Crippen LogP contribution in [0, 0.1) is 5.92 Å². The molecule has 4 nitrogen and oxygen atoms in total. The van der Waals surface area contributed by atoms with Crippen LogP contribution in [0.1, 0.15) is 33.6 Å². The Bertz CT molecular complexity index is 896. The van der Waals surface area contributed by atoms with Gasteiger partial charge in [0.2, 0.25) is 0 Å². The van der Waals surface area contributed by atoms with Crippen molar-refractivity contribution < 1.29 is 9.59 Å². The van der Waals surface area contributed by atoms with E-state index in [9.17, 15) is 9.59 Å². The lowest BCUT2D eigenvalue weighted by Crippen LogP contribution is -2.41. The molecule has 0 aromatic heterocycles. The SMILES string of the molecule is O=C(NCC1CCN(C(=O)c2ccc(Cl)cc2Cl)CC1)c1ccc(Cl)cc1Cl. The lowest BCUT2D eigenvalue weighted by Gasteiger charge is -2.32. The molecule has 0 atom stereocenters. The molecule has 0 saturated carbocycles. The predicted octanol–water partition coefficient (Wildman–Crippen LogP) is 5.58. The quantitative estimate of drug-likeness (QED) is 0.648. The normalized spacial score (nSPS) is 14.8. The fraction of sp³-hybridized carbons (Fsp3) is 0.300. The number of rotatable bonds is 4. The molecule has 1 aliphatic heterocycles. The molecule has 0 bridgehead atoms. The van der Waals surface area contributed by atoms with Crippen LogP contribution in [-0.2, 0) is 0 Å². The van der Waals surface area contributed by atoms with Crippen molar-refractivity contribution in [1.29, 1.82) is 0 Å². The first-order valence-electron chi connectivity index (χ1n) is 8.82. The number of nitrogens with zero attached hydrogens (tertiary/aromatic N) is 1. The third-order valence-electron chi connectivity index (χ3n) is 4.79. The van der Waals surface area contributed by atoms with Gasteiger partial charge in [0, 0.05) is 29.7 Å². The molecule has 0 unspecified atom stereocenters. The van der Waals surface area contributed by atoms with Crippen molar-refractivity contribution in [3.05, 3.63) is 67.6 Å². The number of benzene rings is 2. The van der Waals surface area contributed by atoms with Crippen LogP contribution >= 0.6 is 46.4 Å². The Labute approximate surface area is 183 Å². The highest BCUT2D eigenvalue weighted by molar-refractivity contribution is 6.37. The van der Waals surface area contributed by atoms with Crippen molar-refractivity contribution in [3.63, 3.8) is 0 Å². The Morgan fingerprint density at radius 3 is 1.96 bits per heavy atom. The fourth-order valence-electron chi connectivity index (χ4n) is 3.18. The van der Waals surface area contributed by atoms with E-state index in [-0.39, 0.29) is 11.8 Å². The summed E-state index contributed by atoms with van der Waals surface area (Å²) in [6.07, 6.45) is 1.59. The zero-order valence-electron chi connectivity index (χ0n) is 14.9. The Morgan fingerprint density at radius 1 is 0.893 bits per heavy atom. The standard InChI is InChI=1S/C20H18Cl4N2O2/c21-13-1-3-15(17(23)9-13)19(27)25-11-12-5-7-26(8-6-12)20(28)16-4-2-14(22)10-18(16)24/h1-4,9-10,12H,5-8,11H2,(H,25,27). The number of halogens is 4. The van der Waals surface area contributed by atoms with Gasteiger partial charge >= 0.3 is 0 Å². The van der Waals surface area contributed by atoms with E-state index in [0.717, 1.165) is 12.8 Å². The number of nitrogens with one attached hydrogen (secondary N) is 1. The van der Waals surface area contributed by atoms with E-state index in [0.29, 0.717) is 56.8 Å². The highest BCUT2D eigenvalue weighted by Crippen LogP contribution is 2.25. The molecule has 0 radical (unpaired) electrons. The summed E-state index contributed by atoms with van der Waals surface area (Å²) in [5.41, 5.74) is 0.853. The lowest BCUT2D eigenvalue weighted by molar-refractivity contribution is 0.0684. The summed E-state index contributed by atoms with van der Waals surface area (Å²) in [6.45, 7) is 1.75. The molecule has 2 amide bonds. The van der Waals surface area contributed by atoms with Gasteiger partial charge in [-0.15, -0.1) is 0 Å². The number of hydrogen-bond acceptors (Lipinski definition) is 2. The van der Waals surface area contributed by atoms with Gasteiger partial charge in [0.15, 0.2) is 0 Å². The summed E-state index contributed by atoms with van der Waals surface area (Å²) in [6, 6.07) is 9.66. The predicted molar refractivity (Wildman–Crippen MR) is 114 cm³/mol. The van der Waals surface area contributed by atoms with Crippen molar-refractivity contribution in [2.45, 2.75) is 12.8 Å². The molecule has 1 heterocycles. The van der Waals surface area contributed by atoms with Crippen molar-refractivity contribution >= 4 is 58.2 Å². The van der Waals surface area contributed by atoms with E-state index in [1.807, 2.05) is 0 Å². The average Bonchev–Trinajstić information content (AvgIpc) is 2.66. The average molecular weight is 460 g/mol. The molecule has 28 heavy (non-hydrogen) atoms. The molecule has 1 saturated heterocycles. The van der Waals surface area contributed by atoms with Crippen molar-refractivity contribution in [2.24, 2.45) is 5.92 Å². The first kappa shape index (κ1) is 21.3. The zero-order valence-corrected chi connectivity index (χ0v) is 17.9. The van der Waals surface area contributed by atoms with Crippen molar-refractivity contribution in [1.82, 2.24) is 10.2 Å². The van der Waals surface area contributed by atoms with Gasteiger partial charge in [-0.2, -0.15) is 0 Å². The Balaban J connectivity index is 1.51. The van der Waals surface area contributed by atoms with Crippen LogP contribution in [0.25, 0.3) is 0 Å². The van der Waals surface area contributed by atoms with Gasteiger partial charge in [-0.1, -0.05) is 46.4 Å². The van der Waals surface area contributed by atoms with Gasteiger partial charge in [-0.25, -0.2) is 0 Å². The van der Waals surface area contributed by atoms with Crippen LogP contribution in [-0.4, -0.2) is 36.3 Å². The van der Waals surface area contributed by atoms with Gasteiger partial charge < -0.3 is 10.2 Å². The van der Waals surface area contributed by atoms with Crippen LogP contribution in [0.5, 0.6) is 0 Å². The first-order chi connectivity index (χ1) is 13.3. The molecule has 0 aliphatic carbocycles. The molecule has 2 aromatic carbocycles. The second kappa shape index (κ2) is 9.36. The first-order valence-corrected chi connectivity index (χ1v) is 10.3. The minimum atomic E-state index is -0.229. The van der Waals surface area contributed by atoms with Crippen LogP contribution < -0.4 is 5.32 Å². The van der Waals surface area contributed by atoms with Gasteiger partial charge in [0.25, 0.3) is 11.8 Å². The fourth-order valence-corrected chi connectivity index (χ4v) is 4.16. The van der Waals surface area contributed by atoms with Crippen LogP contribution in [0.2, 0.25) is 20.1 Å². The maximum Gasteiger partial charge on any atom is 0.255 e. The second-order valence-corrected chi connectivity index (χ2v) is 8.38. The smallest absolute Gasteiger partial charge is 0.255 e. The van der Waals surface area contributed by atoms with E-state index in [1.54, 1.807) is 41.3 Å². The molecule has 8 heteroatoms. The van der Waals surface area contributed by atoms with E-state index >= 15 is 0 Å². The van der Waals surface area contributed by atoms with Gasteiger partial charge in [-0.05, 0) is 55.2 Å². The number of hydrogen-bond donors (Lipinski definition) is 1. The third-order valence-corrected chi connectivity index (χ3v) is 5.89. The Kier molecular flexibility index (Phi) is 7.10. The van der Waals surface area contributed by atoms with Gasteiger partial charge in [0.1, 0.15) is 0 Å². The summed E-state index contributed by atoms with van der Waals surface area (Å²) in [4.78, 5) is 26.8. The Hall–Kier alpha value is -1.46. The van der Waals surface area contributed by atoms with E-state index in [2.05, 4.69) is 5.32 Å². The monoisotopic (exact) mass is 458 g/mol. The van der Waals surface area contributed by atoms with E-state index in [1.165, 1.54) is 0 Å². The summed E-state index contributed by atoms with van der Waals surface area (Å²) >= 11 is 24.0. The summed E-state index contributed by atoms with van der Waals surface area (Å²) in [7, 11) is 0. The lowest BCUT2D eigenvalue weighted by atomic mass is 9.96. The molecular weight excluding hydrogens is 442 g/mol. The Morgan fingerprint density at radius 2 is 1.43 bits per heavy atom. The number of piperidine rings is 1. The minimum Gasteiger partial charge on any atom is -0.352 e. The van der Waals surface area contributed by atoms with Crippen molar-refractivity contribution in [3.8, 4) is 0 Å². The van der Waals surface area contributed by atoms with Gasteiger partial charge in [0.05, 0.1) is 21.2 Å². The summed E-state index contributed by atoms with van der Waals surface area (Å²) in [5, 5.41) is 4.57. The summed E-state index contributed by atoms with van der Waals surface area (Å²) < 4.78 is 0. The minimum absolute atomic E-state index is 0.0999. The highest BCUT2D eigenvalue weighted by Gasteiger charge is 2.25. The molecule has 2 aromatic rings. The largest absolute Gasteiger partial charge is 0.352 e. The number of carbonyl (C=O) groups is 2. The zero-order chi connectivity index (χ0) is 20.3. The number of carbonyl (C=O) groups excluding carboxylic acids is 2. The molecular formula is C20H18Cl4N2O2. The topological polar surface area (TPSA) is 49.4 Å². The summed E-state index contributed by atoms with van der Waals surface area (Å²) in [5.74, 6) is -0.0371. The van der Waals surface area contributed by atoms with Crippen LogP contribution in [0.3, 0.4) is 0 Å². The van der Waals surface area contributed by atoms with Crippen LogP contribution in [0.4, 0.5) is 0 Å².